The lowest BCUT2D eigenvalue weighted by molar-refractivity contribution is -0.141. The molecule has 0 aliphatic carbocycles. The smallest absolute Gasteiger partial charge is 0.354 e. The molecule has 164 valence electrons. The maximum atomic E-state index is 12.7. The molecule has 0 radical (unpaired) electrons. The molecule has 11 heteroatoms. The highest BCUT2D eigenvalue weighted by Gasteiger charge is 2.32. The first-order chi connectivity index (χ1) is 14.9. The highest BCUT2D eigenvalue weighted by Crippen LogP contribution is 2.27. The fraction of sp³-hybridized carbons (Fsp3) is 0.300. The van der Waals surface area contributed by atoms with Gasteiger partial charge in [-0.15, -0.1) is 0 Å². The van der Waals surface area contributed by atoms with E-state index in [1.54, 1.807) is 13.2 Å². The summed E-state index contributed by atoms with van der Waals surface area (Å²) in [7, 11) is 3.52. The number of benzene rings is 1. The van der Waals surface area contributed by atoms with Crippen LogP contribution in [0.1, 0.15) is 11.5 Å². The summed E-state index contributed by atoms with van der Waals surface area (Å²) in [6, 6.07) is 10.7. The van der Waals surface area contributed by atoms with Crippen LogP contribution >= 0.6 is 0 Å². The van der Waals surface area contributed by atoms with Crippen LogP contribution in [0.3, 0.4) is 0 Å². The summed E-state index contributed by atoms with van der Waals surface area (Å²) < 4.78 is 38.1. The summed E-state index contributed by atoms with van der Waals surface area (Å²) in [5, 5.41) is 5.91. The first kappa shape index (κ1) is 22.1. The Morgan fingerprint density at radius 2 is 1.90 bits per heavy atom. The molecule has 0 aliphatic rings. The van der Waals surface area contributed by atoms with Crippen molar-refractivity contribution in [3.8, 4) is 11.3 Å². The van der Waals surface area contributed by atoms with Crippen molar-refractivity contribution in [3.63, 3.8) is 0 Å². The summed E-state index contributed by atoms with van der Waals surface area (Å²) in [6.07, 6.45) is -1.65. The molecule has 8 nitrogen and oxygen atoms in total. The van der Waals surface area contributed by atoms with E-state index in [-0.39, 0.29) is 5.95 Å². The minimum absolute atomic E-state index is 0.0796. The zero-order chi connectivity index (χ0) is 22.3. The number of hydrogen-bond donors (Lipinski definition) is 3. The first-order valence-corrected chi connectivity index (χ1v) is 9.52. The van der Waals surface area contributed by atoms with Crippen LogP contribution in [0, 0.1) is 0 Å². The largest absolute Gasteiger partial charge is 0.433 e. The second-order valence-corrected chi connectivity index (χ2v) is 6.63. The van der Waals surface area contributed by atoms with Crippen LogP contribution in [-0.4, -0.2) is 58.0 Å². The molecule has 0 fully saturated rings. The van der Waals surface area contributed by atoms with E-state index in [1.807, 2.05) is 42.3 Å². The number of imidazole rings is 1. The van der Waals surface area contributed by atoms with Gasteiger partial charge in [-0.05, 0) is 11.6 Å². The van der Waals surface area contributed by atoms with E-state index in [4.69, 9.17) is 0 Å². The number of guanidine groups is 1. The third-order valence-electron chi connectivity index (χ3n) is 4.31. The first-order valence-electron chi connectivity index (χ1n) is 9.52. The highest BCUT2D eigenvalue weighted by atomic mass is 19.4. The van der Waals surface area contributed by atoms with Crippen molar-refractivity contribution in [2.24, 2.45) is 4.99 Å². The lowest BCUT2D eigenvalue weighted by Gasteiger charge is -2.21. The molecule has 2 heterocycles. The maximum absolute atomic E-state index is 12.7. The normalized spacial score (nSPS) is 12.0. The summed E-state index contributed by atoms with van der Waals surface area (Å²) in [5.74, 6) is 1.31. The van der Waals surface area contributed by atoms with Crippen LogP contribution in [0.4, 0.5) is 19.1 Å². The Labute approximate surface area is 177 Å². The van der Waals surface area contributed by atoms with E-state index in [0.29, 0.717) is 25.6 Å². The van der Waals surface area contributed by atoms with Gasteiger partial charge in [-0.1, -0.05) is 30.3 Å². The van der Waals surface area contributed by atoms with Gasteiger partial charge in [0.15, 0.2) is 5.96 Å². The predicted molar refractivity (Wildman–Crippen MR) is 112 cm³/mol. The van der Waals surface area contributed by atoms with Crippen molar-refractivity contribution in [1.29, 1.82) is 0 Å². The molecule has 0 spiro atoms. The van der Waals surface area contributed by atoms with Crippen molar-refractivity contribution in [2.75, 3.05) is 32.5 Å². The van der Waals surface area contributed by atoms with Crippen molar-refractivity contribution < 1.29 is 13.2 Å². The van der Waals surface area contributed by atoms with Crippen LogP contribution in [0.15, 0.2) is 53.8 Å². The van der Waals surface area contributed by atoms with E-state index in [0.717, 1.165) is 29.3 Å². The summed E-state index contributed by atoms with van der Waals surface area (Å²) >= 11 is 0. The molecule has 3 aromatic rings. The van der Waals surface area contributed by atoms with E-state index < -0.39 is 11.9 Å². The number of H-pyrrole nitrogens is 1. The van der Waals surface area contributed by atoms with Crippen molar-refractivity contribution in [3.05, 3.63) is 60.3 Å². The molecular formula is C20H23F3N8. The van der Waals surface area contributed by atoms with Crippen LogP contribution in [0.5, 0.6) is 0 Å². The van der Waals surface area contributed by atoms with Crippen LogP contribution in [0.25, 0.3) is 11.3 Å². The van der Waals surface area contributed by atoms with Gasteiger partial charge >= 0.3 is 6.18 Å². The highest BCUT2D eigenvalue weighted by molar-refractivity contribution is 5.79. The molecule has 0 saturated carbocycles. The molecule has 2 aromatic heterocycles. The molecule has 0 atom stereocenters. The number of halogens is 3. The van der Waals surface area contributed by atoms with Gasteiger partial charge in [0, 0.05) is 33.4 Å². The second kappa shape index (κ2) is 9.92. The number of rotatable bonds is 7. The van der Waals surface area contributed by atoms with Gasteiger partial charge in [0.25, 0.3) is 0 Å². The van der Waals surface area contributed by atoms with Gasteiger partial charge in [-0.2, -0.15) is 13.2 Å². The Bertz CT molecular complexity index is 1000. The van der Waals surface area contributed by atoms with E-state index in [1.165, 1.54) is 0 Å². The minimum Gasteiger partial charge on any atom is -0.354 e. The number of aromatic amines is 1. The van der Waals surface area contributed by atoms with Crippen LogP contribution < -0.4 is 10.6 Å². The van der Waals surface area contributed by atoms with Gasteiger partial charge in [0.2, 0.25) is 5.95 Å². The van der Waals surface area contributed by atoms with E-state index in [2.05, 4.69) is 35.6 Å². The molecule has 31 heavy (non-hydrogen) atoms. The van der Waals surface area contributed by atoms with Crippen molar-refractivity contribution in [2.45, 2.75) is 12.7 Å². The Kier molecular flexibility index (Phi) is 7.06. The zero-order valence-electron chi connectivity index (χ0n) is 17.1. The van der Waals surface area contributed by atoms with Crippen molar-refractivity contribution >= 4 is 11.9 Å². The van der Waals surface area contributed by atoms with Gasteiger partial charge in [-0.25, -0.2) is 15.0 Å². The summed E-state index contributed by atoms with van der Waals surface area (Å²) in [5.41, 5.74) is 0.994. The Morgan fingerprint density at radius 3 is 2.61 bits per heavy atom. The van der Waals surface area contributed by atoms with Crippen LogP contribution in [-0.2, 0) is 12.7 Å². The van der Waals surface area contributed by atoms with Gasteiger partial charge in [0.05, 0.1) is 18.4 Å². The lowest BCUT2D eigenvalue weighted by Crippen LogP contribution is -2.40. The quantitative estimate of drug-likeness (QED) is 0.302. The number of aliphatic imine (C=N–C) groups is 1. The summed E-state index contributed by atoms with van der Waals surface area (Å²) in [6.45, 7) is 1.22. The lowest BCUT2D eigenvalue weighted by atomic mass is 10.2. The zero-order valence-corrected chi connectivity index (χ0v) is 17.1. The fourth-order valence-electron chi connectivity index (χ4n) is 2.84. The number of nitrogens with one attached hydrogen (secondary N) is 3. The minimum atomic E-state index is -4.51. The number of anilines is 1. The Hall–Kier alpha value is -3.63. The maximum Gasteiger partial charge on any atom is 0.433 e. The summed E-state index contributed by atoms with van der Waals surface area (Å²) in [4.78, 5) is 21.1. The average molecular weight is 432 g/mol. The van der Waals surface area contributed by atoms with Gasteiger partial charge in [0.1, 0.15) is 11.5 Å². The number of alkyl halides is 3. The molecule has 3 rings (SSSR count). The Morgan fingerprint density at radius 1 is 1.13 bits per heavy atom. The van der Waals surface area contributed by atoms with Crippen molar-refractivity contribution in [1.82, 2.24) is 30.2 Å². The topological polar surface area (TPSA) is 94.1 Å². The van der Waals surface area contributed by atoms with Crippen LogP contribution in [0.2, 0.25) is 0 Å². The molecule has 1 aromatic carbocycles. The monoisotopic (exact) mass is 432 g/mol. The number of hydrogen-bond acceptors (Lipinski definition) is 5. The predicted octanol–water partition coefficient (Wildman–Crippen LogP) is 3.00. The Balaban J connectivity index is 1.49. The third kappa shape index (κ3) is 6.17. The van der Waals surface area contributed by atoms with E-state index >= 15 is 0 Å². The van der Waals surface area contributed by atoms with Gasteiger partial charge < -0.3 is 20.5 Å². The van der Waals surface area contributed by atoms with Gasteiger partial charge in [-0.3, -0.25) is 4.99 Å². The molecular weight excluding hydrogens is 409 g/mol. The second-order valence-electron chi connectivity index (χ2n) is 6.63. The molecule has 3 N–H and O–H groups in total. The molecule has 0 amide bonds. The average Bonchev–Trinajstić information content (AvgIpc) is 3.22. The standard InChI is InChI=1S/C20H23F3N8/c1-24-19(27-11-10-26-18-25-9-8-16(30-18)20(21,22)23)31(2)13-17-28-12-15(29-17)14-6-4-3-5-7-14/h3-9,12H,10-11,13H2,1-2H3,(H,24,27)(H,28,29)(H,25,26,30). The number of aromatic nitrogens is 4. The number of nitrogens with zero attached hydrogens (tertiary/aromatic N) is 5. The molecule has 0 aliphatic heterocycles. The molecule has 0 unspecified atom stereocenters. The van der Waals surface area contributed by atoms with E-state index in [9.17, 15) is 13.2 Å². The molecule has 0 bridgehead atoms. The SMILES string of the molecule is CN=C(NCCNc1nccc(C(F)(F)F)n1)N(C)Cc1ncc(-c2ccccc2)[nH]1. The molecule has 0 saturated heterocycles. The fourth-order valence-corrected chi connectivity index (χ4v) is 2.84. The third-order valence-corrected chi connectivity index (χ3v) is 4.31.